The quantitative estimate of drug-likeness (QED) is 0.161. The van der Waals surface area contributed by atoms with E-state index >= 15 is 0 Å². The van der Waals surface area contributed by atoms with Crippen molar-refractivity contribution in [3.05, 3.63) is 231 Å². The van der Waals surface area contributed by atoms with Gasteiger partial charge in [0, 0.05) is 44.2 Å². The zero-order valence-electron chi connectivity index (χ0n) is 33.2. The number of anilines is 3. The Hall–Kier alpha value is -8.14. The molecule has 0 saturated heterocycles. The van der Waals surface area contributed by atoms with E-state index in [2.05, 4.69) is 228 Å². The summed E-state index contributed by atoms with van der Waals surface area (Å²) in [4.78, 5) is 2.45. The third kappa shape index (κ3) is 5.82. The maximum Gasteiger partial charge on any atom is 0.135 e. The highest BCUT2D eigenvalue weighted by molar-refractivity contribution is 6.12. The second-order valence-corrected chi connectivity index (χ2v) is 15.7. The fraction of sp³-hybridized carbons (Fsp3) is 0. The van der Waals surface area contributed by atoms with Crippen molar-refractivity contribution in [2.75, 3.05) is 4.90 Å². The highest BCUT2D eigenvalue weighted by atomic mass is 16.3. The summed E-state index contributed by atoms with van der Waals surface area (Å²) >= 11 is 0. The summed E-state index contributed by atoms with van der Waals surface area (Å²) < 4.78 is 8.61. The van der Waals surface area contributed by atoms with Crippen LogP contribution in [0.15, 0.2) is 235 Å². The van der Waals surface area contributed by atoms with Gasteiger partial charge in [-0.25, -0.2) is 0 Å². The minimum atomic E-state index is 0.893. The molecule has 0 amide bonds. The summed E-state index contributed by atoms with van der Waals surface area (Å²) in [5.41, 5.74) is 15.5. The van der Waals surface area contributed by atoms with Gasteiger partial charge in [-0.05, 0) is 111 Å². The third-order valence-corrected chi connectivity index (χ3v) is 12.2. The molecule has 286 valence electrons. The van der Waals surface area contributed by atoms with E-state index in [1.807, 2.05) is 12.1 Å². The zero-order chi connectivity index (χ0) is 40.3. The second-order valence-electron chi connectivity index (χ2n) is 15.7. The highest BCUT2D eigenvalue weighted by Crippen LogP contribution is 2.47. The molecule has 10 aromatic carbocycles. The molecule has 0 spiro atoms. The number of benzene rings is 10. The Balaban J connectivity index is 1.10. The van der Waals surface area contributed by atoms with E-state index in [1.54, 1.807) is 0 Å². The van der Waals surface area contributed by atoms with Gasteiger partial charge in [-0.2, -0.15) is 0 Å². The molecular weight excluding hydrogens is 741 g/mol. The van der Waals surface area contributed by atoms with Crippen molar-refractivity contribution < 1.29 is 4.42 Å². The molecule has 0 aliphatic rings. The second kappa shape index (κ2) is 14.3. The van der Waals surface area contributed by atoms with Gasteiger partial charge in [0.05, 0.1) is 16.7 Å². The number of rotatable bonds is 7. The molecule has 0 radical (unpaired) electrons. The van der Waals surface area contributed by atoms with Gasteiger partial charge >= 0.3 is 0 Å². The normalized spacial score (nSPS) is 11.6. The molecular formula is C58H38N2O. The molecule has 2 heterocycles. The maximum atomic E-state index is 6.23. The van der Waals surface area contributed by atoms with Gasteiger partial charge in [0.2, 0.25) is 0 Å². The predicted molar refractivity (Wildman–Crippen MR) is 257 cm³/mol. The van der Waals surface area contributed by atoms with Crippen LogP contribution >= 0.6 is 0 Å². The average molecular weight is 779 g/mol. The van der Waals surface area contributed by atoms with Gasteiger partial charge in [-0.3, -0.25) is 0 Å². The lowest BCUT2D eigenvalue weighted by Gasteiger charge is -2.29. The van der Waals surface area contributed by atoms with E-state index in [9.17, 15) is 0 Å². The zero-order valence-corrected chi connectivity index (χ0v) is 33.2. The summed E-state index contributed by atoms with van der Waals surface area (Å²) in [6, 6.07) is 83.1. The summed E-state index contributed by atoms with van der Waals surface area (Å²) in [5.74, 6) is 0. The number of hydrogen-bond acceptors (Lipinski definition) is 2. The van der Waals surface area contributed by atoms with E-state index in [-0.39, 0.29) is 0 Å². The molecule has 0 unspecified atom stereocenters. The van der Waals surface area contributed by atoms with Crippen molar-refractivity contribution in [1.29, 1.82) is 0 Å². The van der Waals surface area contributed by atoms with Crippen LogP contribution in [0.2, 0.25) is 0 Å². The first-order chi connectivity index (χ1) is 30.3. The Labute approximate surface area is 353 Å². The number of para-hydroxylation sites is 4. The molecule has 0 fully saturated rings. The minimum Gasteiger partial charge on any atom is -0.456 e. The molecule has 3 heteroatoms. The summed E-state index contributed by atoms with van der Waals surface area (Å²) in [6.45, 7) is 0. The standard InChI is InChI=1S/C58H38N2O/c1-3-16-39(17-4-1)46-27-14-18-40-19-15-28-50(58(40)46)47-24-7-10-29-53(47)59(44-23-13-20-41(36-44)42-32-35-57-52(37-42)49-26-9-12-31-56(49)61-57)45-33-34-55-51(38-45)48-25-8-11-30-54(48)60(55)43-21-5-2-6-22-43/h1-38H. The van der Waals surface area contributed by atoms with E-state index in [0.29, 0.717) is 0 Å². The topological polar surface area (TPSA) is 21.3 Å². The molecule has 12 rings (SSSR count). The van der Waals surface area contributed by atoms with Gasteiger partial charge in [0.1, 0.15) is 11.2 Å². The molecule has 0 N–H and O–H groups in total. The van der Waals surface area contributed by atoms with Crippen LogP contribution in [0.3, 0.4) is 0 Å². The van der Waals surface area contributed by atoms with Crippen LogP contribution in [0.5, 0.6) is 0 Å². The largest absolute Gasteiger partial charge is 0.456 e. The van der Waals surface area contributed by atoms with Crippen molar-refractivity contribution in [1.82, 2.24) is 4.57 Å². The number of fused-ring (bicyclic) bond motifs is 7. The van der Waals surface area contributed by atoms with Crippen molar-refractivity contribution in [2.45, 2.75) is 0 Å². The molecule has 0 atom stereocenters. The average Bonchev–Trinajstić information content (AvgIpc) is 3.87. The predicted octanol–water partition coefficient (Wildman–Crippen LogP) is 16.3. The van der Waals surface area contributed by atoms with Crippen LogP contribution in [0.1, 0.15) is 0 Å². The summed E-state index contributed by atoms with van der Waals surface area (Å²) in [5, 5.41) is 7.10. The van der Waals surface area contributed by atoms with Gasteiger partial charge < -0.3 is 13.9 Å². The minimum absolute atomic E-state index is 0.893. The van der Waals surface area contributed by atoms with Crippen molar-refractivity contribution in [3.8, 4) is 39.1 Å². The SMILES string of the molecule is c1ccc(-c2cccc3cccc(-c4ccccc4N(c4cccc(-c5ccc6oc7ccccc7c6c5)c4)c4ccc5c(c4)c4ccccc4n5-c4ccccc4)c23)cc1. The lowest BCUT2D eigenvalue weighted by Crippen LogP contribution is -2.11. The van der Waals surface area contributed by atoms with Crippen LogP contribution in [0.4, 0.5) is 17.1 Å². The fourth-order valence-corrected chi connectivity index (χ4v) is 9.43. The molecule has 3 nitrogen and oxygen atoms in total. The van der Waals surface area contributed by atoms with Crippen LogP contribution < -0.4 is 4.90 Å². The first-order valence-corrected chi connectivity index (χ1v) is 20.8. The van der Waals surface area contributed by atoms with Crippen LogP contribution in [0.25, 0.3) is 93.6 Å². The Morgan fingerprint density at radius 2 is 0.967 bits per heavy atom. The molecule has 0 bridgehead atoms. The first-order valence-electron chi connectivity index (χ1n) is 20.8. The van der Waals surface area contributed by atoms with Gasteiger partial charge in [-0.15, -0.1) is 0 Å². The Morgan fingerprint density at radius 1 is 0.344 bits per heavy atom. The highest BCUT2D eigenvalue weighted by Gasteiger charge is 2.22. The van der Waals surface area contributed by atoms with Crippen LogP contribution in [0, 0.1) is 0 Å². The maximum absolute atomic E-state index is 6.23. The Morgan fingerprint density at radius 3 is 1.84 bits per heavy atom. The summed E-state index contributed by atoms with van der Waals surface area (Å²) in [7, 11) is 0. The van der Waals surface area contributed by atoms with Crippen molar-refractivity contribution in [2.24, 2.45) is 0 Å². The lowest BCUT2D eigenvalue weighted by atomic mass is 9.90. The van der Waals surface area contributed by atoms with Gasteiger partial charge in [0.15, 0.2) is 0 Å². The first kappa shape index (κ1) is 34.9. The number of nitrogens with zero attached hydrogens (tertiary/aromatic N) is 2. The smallest absolute Gasteiger partial charge is 0.135 e. The lowest BCUT2D eigenvalue weighted by molar-refractivity contribution is 0.669. The van der Waals surface area contributed by atoms with E-state index in [4.69, 9.17) is 4.42 Å². The molecule has 12 aromatic rings. The Bertz CT molecular complexity index is 3590. The summed E-state index contributed by atoms with van der Waals surface area (Å²) in [6.07, 6.45) is 0. The molecule has 0 aliphatic carbocycles. The number of furan rings is 1. The number of hydrogen-bond donors (Lipinski definition) is 0. The van der Waals surface area contributed by atoms with E-state index in [1.165, 1.54) is 49.3 Å². The van der Waals surface area contributed by atoms with Gasteiger partial charge in [-0.1, -0.05) is 158 Å². The van der Waals surface area contributed by atoms with E-state index < -0.39 is 0 Å². The molecule has 61 heavy (non-hydrogen) atoms. The van der Waals surface area contributed by atoms with Crippen LogP contribution in [-0.4, -0.2) is 4.57 Å². The van der Waals surface area contributed by atoms with Crippen molar-refractivity contribution >= 4 is 71.6 Å². The number of aromatic nitrogens is 1. The van der Waals surface area contributed by atoms with E-state index in [0.717, 1.165) is 61.4 Å². The van der Waals surface area contributed by atoms with Gasteiger partial charge in [0.25, 0.3) is 0 Å². The van der Waals surface area contributed by atoms with Crippen LogP contribution in [-0.2, 0) is 0 Å². The molecule has 0 saturated carbocycles. The third-order valence-electron chi connectivity index (χ3n) is 12.2. The monoisotopic (exact) mass is 778 g/mol. The molecule has 2 aromatic heterocycles. The molecule has 0 aliphatic heterocycles. The van der Waals surface area contributed by atoms with Crippen molar-refractivity contribution in [3.63, 3.8) is 0 Å². The fourth-order valence-electron chi connectivity index (χ4n) is 9.43. The Kier molecular flexibility index (Phi) is 8.17.